The molecule has 172 valence electrons. The molecule has 0 saturated carbocycles. The number of unbranched alkanes of at least 4 members (excludes halogenated alkanes) is 1. The lowest BCUT2D eigenvalue weighted by Gasteiger charge is -2.22. The molecule has 13 heteroatoms. The summed E-state index contributed by atoms with van der Waals surface area (Å²) in [5, 5.41) is 16.6. The molecular formula is C17H34N8O5. The molecule has 0 saturated heterocycles. The first-order chi connectivity index (χ1) is 14.1. The molecule has 0 fully saturated rings. The Morgan fingerprint density at radius 3 is 2.07 bits per heavy atom. The van der Waals surface area contributed by atoms with Crippen molar-refractivity contribution in [1.29, 1.82) is 0 Å². The molecule has 0 radical (unpaired) electrons. The van der Waals surface area contributed by atoms with Crippen molar-refractivity contribution in [3.05, 3.63) is 0 Å². The summed E-state index contributed by atoms with van der Waals surface area (Å²) >= 11 is 0. The number of carboxylic acid groups (broad SMARTS) is 1. The number of rotatable bonds is 15. The Hall–Kier alpha value is -2.93. The summed E-state index contributed by atoms with van der Waals surface area (Å²) in [7, 11) is 0. The van der Waals surface area contributed by atoms with Crippen LogP contribution in [0.1, 0.15) is 39.0 Å². The average Bonchev–Trinajstić information content (AvgIpc) is 2.68. The van der Waals surface area contributed by atoms with E-state index in [1.807, 2.05) is 0 Å². The van der Waals surface area contributed by atoms with Gasteiger partial charge in [-0.2, -0.15) is 0 Å². The lowest BCUT2D eigenvalue weighted by atomic mass is 10.1. The fourth-order valence-electron chi connectivity index (χ4n) is 2.45. The molecule has 0 aliphatic rings. The number of aliphatic imine (C=N–C) groups is 1. The van der Waals surface area contributed by atoms with Crippen LogP contribution in [-0.4, -0.2) is 72.5 Å². The van der Waals surface area contributed by atoms with Crippen LogP contribution in [0.5, 0.6) is 0 Å². The van der Waals surface area contributed by atoms with Gasteiger partial charge in [-0.05, 0) is 45.6 Å². The molecule has 0 bridgehead atoms. The first-order valence-electron chi connectivity index (χ1n) is 9.70. The number of nitrogens with two attached hydrogens (primary N) is 4. The maximum Gasteiger partial charge on any atom is 0.326 e. The van der Waals surface area contributed by atoms with E-state index in [2.05, 4.69) is 20.9 Å². The lowest BCUT2D eigenvalue weighted by molar-refractivity contribution is -0.142. The van der Waals surface area contributed by atoms with Crippen LogP contribution < -0.4 is 38.9 Å². The van der Waals surface area contributed by atoms with Crippen molar-refractivity contribution in [2.75, 3.05) is 19.6 Å². The quantitative estimate of drug-likeness (QED) is 0.0735. The van der Waals surface area contributed by atoms with Gasteiger partial charge in [0.2, 0.25) is 17.7 Å². The van der Waals surface area contributed by atoms with Gasteiger partial charge in [0, 0.05) is 6.54 Å². The molecule has 13 nitrogen and oxygen atoms in total. The largest absolute Gasteiger partial charge is 0.480 e. The third kappa shape index (κ3) is 11.8. The fraction of sp³-hybridized carbons (Fsp3) is 0.706. The smallest absolute Gasteiger partial charge is 0.326 e. The SMILES string of the molecule is CC(NC(=O)C(CCCN=C(N)N)NC(=O)CN)C(=O)NC(CCCCN)C(=O)O. The third-order valence-electron chi connectivity index (χ3n) is 4.10. The summed E-state index contributed by atoms with van der Waals surface area (Å²) in [5.74, 6) is -3.08. The van der Waals surface area contributed by atoms with Crippen LogP contribution in [0.3, 0.4) is 0 Å². The number of aliphatic carboxylic acids is 1. The first kappa shape index (κ1) is 27.1. The van der Waals surface area contributed by atoms with Crippen molar-refractivity contribution >= 4 is 29.7 Å². The van der Waals surface area contributed by atoms with Crippen LogP contribution in [0.15, 0.2) is 4.99 Å². The molecule has 0 aromatic carbocycles. The number of hydrogen-bond donors (Lipinski definition) is 8. The molecular weight excluding hydrogens is 396 g/mol. The zero-order valence-electron chi connectivity index (χ0n) is 17.2. The zero-order chi connectivity index (χ0) is 23.1. The van der Waals surface area contributed by atoms with Crippen molar-refractivity contribution in [1.82, 2.24) is 16.0 Å². The van der Waals surface area contributed by atoms with E-state index in [1.165, 1.54) is 6.92 Å². The van der Waals surface area contributed by atoms with Crippen molar-refractivity contribution in [3.63, 3.8) is 0 Å². The Kier molecular flexibility index (Phi) is 13.5. The summed E-state index contributed by atoms with van der Waals surface area (Å²) in [4.78, 5) is 51.5. The first-order valence-corrected chi connectivity index (χ1v) is 9.70. The second kappa shape index (κ2) is 15.0. The topological polar surface area (TPSA) is 241 Å². The Labute approximate surface area is 175 Å². The Morgan fingerprint density at radius 2 is 1.53 bits per heavy atom. The molecule has 0 aliphatic carbocycles. The summed E-state index contributed by atoms with van der Waals surface area (Å²) < 4.78 is 0. The number of carbonyl (C=O) groups excluding carboxylic acids is 3. The highest BCUT2D eigenvalue weighted by Crippen LogP contribution is 2.03. The molecule has 3 amide bonds. The second-order valence-corrected chi connectivity index (χ2v) is 6.69. The molecule has 3 atom stereocenters. The standard InChI is InChI=1S/C17H34N8O5/c1-10(14(27)25-12(16(29)30)5-2-3-7-18)23-15(28)11(24-13(26)9-19)6-4-8-22-17(20)21/h10-12H,2-9,18-19H2,1H3,(H,23,28)(H,24,26)(H,25,27)(H,29,30)(H4,20,21,22). The zero-order valence-corrected chi connectivity index (χ0v) is 17.2. The van der Waals surface area contributed by atoms with E-state index in [9.17, 15) is 24.3 Å². The fourth-order valence-corrected chi connectivity index (χ4v) is 2.45. The molecule has 0 spiro atoms. The van der Waals surface area contributed by atoms with Gasteiger partial charge in [-0.15, -0.1) is 0 Å². The van der Waals surface area contributed by atoms with Crippen LogP contribution in [0.4, 0.5) is 0 Å². The van der Waals surface area contributed by atoms with Crippen LogP contribution in [0.25, 0.3) is 0 Å². The Morgan fingerprint density at radius 1 is 0.900 bits per heavy atom. The minimum Gasteiger partial charge on any atom is -0.480 e. The number of amides is 3. The number of guanidine groups is 1. The second-order valence-electron chi connectivity index (χ2n) is 6.69. The predicted molar refractivity (Wildman–Crippen MR) is 111 cm³/mol. The van der Waals surface area contributed by atoms with Gasteiger partial charge in [0.1, 0.15) is 18.1 Å². The molecule has 0 aliphatic heterocycles. The maximum atomic E-state index is 12.5. The van der Waals surface area contributed by atoms with Crippen molar-refractivity contribution in [2.24, 2.45) is 27.9 Å². The normalized spacial score (nSPS) is 13.4. The van der Waals surface area contributed by atoms with Crippen LogP contribution >= 0.6 is 0 Å². The van der Waals surface area contributed by atoms with E-state index in [-0.39, 0.29) is 31.9 Å². The maximum absolute atomic E-state index is 12.5. The van der Waals surface area contributed by atoms with Crippen molar-refractivity contribution < 1.29 is 24.3 Å². The molecule has 30 heavy (non-hydrogen) atoms. The predicted octanol–water partition coefficient (Wildman–Crippen LogP) is -3.31. The van der Waals surface area contributed by atoms with Gasteiger partial charge in [0.25, 0.3) is 0 Å². The monoisotopic (exact) mass is 430 g/mol. The van der Waals surface area contributed by atoms with Crippen LogP contribution in [0, 0.1) is 0 Å². The summed E-state index contributed by atoms with van der Waals surface area (Å²) in [5.41, 5.74) is 21.1. The van der Waals surface area contributed by atoms with E-state index < -0.39 is 41.8 Å². The van der Waals surface area contributed by atoms with Crippen LogP contribution in [-0.2, 0) is 19.2 Å². The van der Waals surface area contributed by atoms with Crippen molar-refractivity contribution in [2.45, 2.75) is 57.2 Å². The van der Waals surface area contributed by atoms with Gasteiger partial charge in [-0.1, -0.05) is 0 Å². The molecule has 0 heterocycles. The minimum atomic E-state index is -1.17. The van der Waals surface area contributed by atoms with Gasteiger partial charge >= 0.3 is 5.97 Å². The van der Waals surface area contributed by atoms with Crippen LogP contribution in [0.2, 0.25) is 0 Å². The highest BCUT2D eigenvalue weighted by Gasteiger charge is 2.26. The lowest BCUT2D eigenvalue weighted by Crippen LogP contribution is -2.55. The van der Waals surface area contributed by atoms with E-state index >= 15 is 0 Å². The molecule has 3 unspecified atom stereocenters. The minimum absolute atomic E-state index is 0.0910. The van der Waals surface area contributed by atoms with E-state index in [0.717, 1.165) is 0 Å². The summed E-state index contributed by atoms with van der Waals surface area (Å²) in [6.07, 6.45) is 1.99. The third-order valence-corrected chi connectivity index (χ3v) is 4.10. The summed E-state index contributed by atoms with van der Waals surface area (Å²) in [6.45, 7) is 1.78. The number of nitrogens with one attached hydrogen (secondary N) is 3. The molecule has 0 aromatic heterocycles. The van der Waals surface area contributed by atoms with Crippen molar-refractivity contribution in [3.8, 4) is 0 Å². The average molecular weight is 431 g/mol. The highest BCUT2D eigenvalue weighted by molar-refractivity contribution is 5.93. The molecule has 0 aromatic rings. The number of carboxylic acids is 1. The Balaban J connectivity index is 4.87. The van der Waals surface area contributed by atoms with Gasteiger partial charge < -0.3 is 44.0 Å². The number of carbonyl (C=O) groups is 4. The number of hydrogen-bond acceptors (Lipinski definition) is 7. The Bertz CT molecular complexity index is 609. The van der Waals surface area contributed by atoms with E-state index in [1.54, 1.807) is 0 Å². The van der Waals surface area contributed by atoms with Gasteiger partial charge in [0.15, 0.2) is 5.96 Å². The van der Waals surface area contributed by atoms with E-state index in [0.29, 0.717) is 25.8 Å². The highest BCUT2D eigenvalue weighted by atomic mass is 16.4. The number of nitrogens with zero attached hydrogens (tertiary/aromatic N) is 1. The molecule has 0 rings (SSSR count). The molecule has 12 N–H and O–H groups in total. The van der Waals surface area contributed by atoms with Gasteiger partial charge in [-0.25, -0.2) is 4.79 Å². The van der Waals surface area contributed by atoms with E-state index in [4.69, 9.17) is 22.9 Å². The van der Waals surface area contributed by atoms with Gasteiger partial charge in [0.05, 0.1) is 6.54 Å². The summed E-state index contributed by atoms with van der Waals surface area (Å²) in [6, 6.07) is -3.06. The van der Waals surface area contributed by atoms with Gasteiger partial charge in [-0.3, -0.25) is 19.4 Å².